The summed E-state index contributed by atoms with van der Waals surface area (Å²) in [5.41, 5.74) is 1.13. The van der Waals surface area contributed by atoms with Crippen LogP contribution in [0.2, 0.25) is 0 Å². The van der Waals surface area contributed by atoms with Gasteiger partial charge in [-0.1, -0.05) is 18.2 Å². The largest absolute Gasteiger partial charge is 0.457 e. The van der Waals surface area contributed by atoms with Crippen molar-refractivity contribution in [1.29, 1.82) is 0 Å². The summed E-state index contributed by atoms with van der Waals surface area (Å²) in [6, 6.07) is 11.9. The van der Waals surface area contributed by atoms with Gasteiger partial charge >= 0.3 is 0 Å². The summed E-state index contributed by atoms with van der Waals surface area (Å²) >= 11 is 0. The molecular formula is C18H20F2N2O. The van der Waals surface area contributed by atoms with Gasteiger partial charge in [-0.3, -0.25) is 0 Å². The van der Waals surface area contributed by atoms with Gasteiger partial charge in [0.15, 0.2) is 0 Å². The smallest absolute Gasteiger partial charge is 0.267 e. The third-order valence-electron chi connectivity index (χ3n) is 3.43. The standard InChI is InChI=1S/C18H20F2N2O/c1-4-22(3)12-21-16-11-15(18(19)20)17(10-13(16)2)23-14-8-6-5-7-9-14/h5-12,18H,4H2,1-3H3. The Labute approximate surface area is 135 Å². The Balaban J connectivity index is 2.36. The van der Waals surface area contributed by atoms with Crippen molar-refractivity contribution in [3.05, 3.63) is 53.6 Å². The molecule has 0 aromatic heterocycles. The molecule has 0 aliphatic heterocycles. The third kappa shape index (κ3) is 4.52. The maximum atomic E-state index is 13.4. The molecule has 0 saturated carbocycles. The molecule has 0 fully saturated rings. The molecule has 0 saturated heterocycles. The van der Waals surface area contributed by atoms with E-state index < -0.39 is 6.43 Å². The normalized spacial score (nSPS) is 11.2. The van der Waals surface area contributed by atoms with Crippen molar-refractivity contribution in [3.63, 3.8) is 0 Å². The summed E-state index contributed by atoms with van der Waals surface area (Å²) in [7, 11) is 1.87. The van der Waals surface area contributed by atoms with Crippen molar-refractivity contribution >= 4 is 12.0 Å². The molecule has 0 spiro atoms. The fourth-order valence-corrected chi connectivity index (χ4v) is 1.94. The van der Waals surface area contributed by atoms with Crippen LogP contribution in [0.5, 0.6) is 11.5 Å². The van der Waals surface area contributed by atoms with Crippen molar-refractivity contribution in [1.82, 2.24) is 4.90 Å². The Kier molecular flexibility index (Phi) is 5.68. The lowest BCUT2D eigenvalue weighted by Crippen LogP contribution is -2.14. The third-order valence-corrected chi connectivity index (χ3v) is 3.43. The lowest BCUT2D eigenvalue weighted by molar-refractivity contribution is 0.148. The minimum atomic E-state index is -2.63. The van der Waals surface area contributed by atoms with E-state index in [4.69, 9.17) is 4.74 Å². The highest BCUT2D eigenvalue weighted by Crippen LogP contribution is 2.37. The van der Waals surface area contributed by atoms with Crippen LogP contribution in [0.3, 0.4) is 0 Å². The molecule has 0 atom stereocenters. The molecule has 0 N–H and O–H groups in total. The molecule has 0 heterocycles. The minimum absolute atomic E-state index is 0.159. The molecule has 0 bridgehead atoms. The number of halogens is 2. The van der Waals surface area contributed by atoms with Gasteiger partial charge in [-0.2, -0.15) is 0 Å². The topological polar surface area (TPSA) is 24.8 Å². The van der Waals surface area contributed by atoms with Crippen LogP contribution in [0.25, 0.3) is 0 Å². The molecule has 0 unspecified atom stereocenters. The number of nitrogens with zero attached hydrogens (tertiary/aromatic N) is 2. The van der Waals surface area contributed by atoms with E-state index in [2.05, 4.69) is 4.99 Å². The van der Waals surface area contributed by atoms with Crippen molar-refractivity contribution in [2.75, 3.05) is 13.6 Å². The first-order valence-electron chi connectivity index (χ1n) is 7.41. The number of rotatable bonds is 6. The second kappa shape index (κ2) is 7.72. The first-order chi connectivity index (χ1) is 11.0. The van der Waals surface area contributed by atoms with Crippen LogP contribution in [0.15, 0.2) is 47.5 Å². The van der Waals surface area contributed by atoms with Crippen molar-refractivity contribution < 1.29 is 13.5 Å². The van der Waals surface area contributed by atoms with E-state index in [1.54, 1.807) is 36.7 Å². The van der Waals surface area contributed by atoms with Gasteiger partial charge in [0.05, 0.1) is 17.6 Å². The summed E-state index contributed by atoms with van der Waals surface area (Å²) in [6.07, 6.45) is -0.998. The highest BCUT2D eigenvalue weighted by molar-refractivity contribution is 5.65. The van der Waals surface area contributed by atoms with Crippen LogP contribution in [0.4, 0.5) is 14.5 Å². The van der Waals surface area contributed by atoms with Gasteiger partial charge in [0.2, 0.25) is 0 Å². The zero-order valence-corrected chi connectivity index (χ0v) is 13.5. The Bertz CT molecular complexity index is 672. The van der Waals surface area contributed by atoms with E-state index in [-0.39, 0.29) is 11.3 Å². The average molecular weight is 318 g/mol. The number of para-hydroxylation sites is 1. The number of ether oxygens (including phenoxy) is 1. The fraction of sp³-hybridized carbons (Fsp3) is 0.278. The Morgan fingerprint density at radius 1 is 1.22 bits per heavy atom. The number of benzene rings is 2. The number of hydrogen-bond acceptors (Lipinski definition) is 2. The molecule has 0 aliphatic carbocycles. The van der Waals surface area contributed by atoms with Gasteiger partial charge in [0.1, 0.15) is 11.5 Å². The van der Waals surface area contributed by atoms with Crippen LogP contribution in [0.1, 0.15) is 24.5 Å². The highest BCUT2D eigenvalue weighted by Gasteiger charge is 2.17. The summed E-state index contributed by atoms with van der Waals surface area (Å²) in [5, 5.41) is 0. The lowest BCUT2D eigenvalue weighted by Gasteiger charge is -2.14. The molecule has 5 heteroatoms. The van der Waals surface area contributed by atoms with Crippen molar-refractivity contribution in [2.24, 2.45) is 4.99 Å². The van der Waals surface area contributed by atoms with E-state index in [0.29, 0.717) is 11.4 Å². The number of hydrogen-bond donors (Lipinski definition) is 0. The molecule has 3 nitrogen and oxygen atoms in total. The van der Waals surface area contributed by atoms with Gasteiger partial charge in [0.25, 0.3) is 6.43 Å². The Morgan fingerprint density at radius 2 is 1.91 bits per heavy atom. The molecular weight excluding hydrogens is 298 g/mol. The van der Waals surface area contributed by atoms with Gasteiger partial charge in [0, 0.05) is 13.6 Å². The van der Waals surface area contributed by atoms with Crippen LogP contribution >= 0.6 is 0 Å². The summed E-state index contributed by atoms with van der Waals surface area (Å²) in [5.74, 6) is 0.683. The van der Waals surface area contributed by atoms with Crippen LogP contribution in [-0.2, 0) is 0 Å². The van der Waals surface area contributed by atoms with Crippen molar-refractivity contribution in [3.8, 4) is 11.5 Å². The molecule has 0 aliphatic rings. The number of alkyl halides is 2. The summed E-state index contributed by atoms with van der Waals surface area (Å²) < 4.78 is 32.3. The SMILES string of the molecule is CCN(C)C=Nc1cc(C(F)F)c(Oc2ccccc2)cc1C. The van der Waals surface area contributed by atoms with Crippen LogP contribution in [0, 0.1) is 6.92 Å². The van der Waals surface area contributed by atoms with E-state index in [1.807, 2.05) is 31.9 Å². The van der Waals surface area contributed by atoms with Gasteiger partial charge in [-0.25, -0.2) is 13.8 Å². The predicted octanol–water partition coefficient (Wildman–Crippen LogP) is 5.34. The number of aliphatic imine (C=N–C) groups is 1. The van der Waals surface area contributed by atoms with E-state index >= 15 is 0 Å². The first kappa shape index (κ1) is 16.9. The van der Waals surface area contributed by atoms with E-state index in [0.717, 1.165) is 12.1 Å². The molecule has 2 aromatic rings. The molecule has 122 valence electrons. The molecule has 2 aromatic carbocycles. The van der Waals surface area contributed by atoms with E-state index in [9.17, 15) is 8.78 Å². The van der Waals surface area contributed by atoms with Gasteiger partial charge in [-0.05, 0) is 43.7 Å². The number of aryl methyl sites for hydroxylation is 1. The quantitative estimate of drug-likeness (QED) is 0.531. The Morgan fingerprint density at radius 3 is 2.52 bits per heavy atom. The predicted molar refractivity (Wildman–Crippen MR) is 89.1 cm³/mol. The second-order valence-corrected chi connectivity index (χ2v) is 5.21. The lowest BCUT2D eigenvalue weighted by atomic mass is 10.1. The highest BCUT2D eigenvalue weighted by atomic mass is 19.3. The molecule has 0 radical (unpaired) electrons. The fourth-order valence-electron chi connectivity index (χ4n) is 1.94. The van der Waals surface area contributed by atoms with E-state index in [1.165, 1.54) is 6.07 Å². The summed E-state index contributed by atoms with van der Waals surface area (Å²) in [4.78, 5) is 6.15. The molecule has 23 heavy (non-hydrogen) atoms. The molecule has 0 amide bonds. The zero-order chi connectivity index (χ0) is 16.8. The van der Waals surface area contributed by atoms with Crippen LogP contribution < -0.4 is 4.74 Å². The van der Waals surface area contributed by atoms with Gasteiger partial charge in [-0.15, -0.1) is 0 Å². The van der Waals surface area contributed by atoms with Crippen LogP contribution in [-0.4, -0.2) is 24.8 Å². The monoisotopic (exact) mass is 318 g/mol. The summed E-state index contributed by atoms with van der Waals surface area (Å²) in [6.45, 7) is 4.60. The Hall–Kier alpha value is -2.43. The zero-order valence-electron chi connectivity index (χ0n) is 13.5. The average Bonchev–Trinajstić information content (AvgIpc) is 2.54. The molecule has 2 rings (SSSR count). The van der Waals surface area contributed by atoms with Crippen molar-refractivity contribution in [2.45, 2.75) is 20.3 Å². The maximum Gasteiger partial charge on any atom is 0.267 e. The van der Waals surface area contributed by atoms with Gasteiger partial charge < -0.3 is 9.64 Å². The first-order valence-corrected chi connectivity index (χ1v) is 7.41. The minimum Gasteiger partial charge on any atom is -0.457 e. The second-order valence-electron chi connectivity index (χ2n) is 5.21. The maximum absolute atomic E-state index is 13.4.